The highest BCUT2D eigenvalue weighted by atomic mass is 31.2. The third-order valence-corrected chi connectivity index (χ3v) is 5.90. The molecule has 0 aromatic heterocycles. The summed E-state index contributed by atoms with van der Waals surface area (Å²) in [7, 11) is -2.13. The first kappa shape index (κ1) is 11.5. The monoisotopic (exact) mass is 211 g/mol. The molecular formula is C11H18NOP. The summed E-state index contributed by atoms with van der Waals surface area (Å²) < 4.78 is 12.4. The quantitative estimate of drug-likeness (QED) is 0.775. The van der Waals surface area contributed by atoms with Crippen molar-refractivity contribution in [2.45, 2.75) is 20.4 Å². The van der Waals surface area contributed by atoms with Crippen LogP contribution in [0, 0.1) is 0 Å². The third-order valence-electron chi connectivity index (χ3n) is 2.64. The molecule has 0 heterocycles. The highest BCUT2D eigenvalue weighted by Gasteiger charge is 2.19. The fourth-order valence-corrected chi connectivity index (χ4v) is 3.46. The summed E-state index contributed by atoms with van der Waals surface area (Å²) in [5, 5.41) is 0.977. The summed E-state index contributed by atoms with van der Waals surface area (Å²) in [4.78, 5) is 0. The van der Waals surface area contributed by atoms with Gasteiger partial charge in [-0.3, -0.25) is 0 Å². The first-order valence-corrected chi connectivity index (χ1v) is 7.11. The Kier molecular flexibility index (Phi) is 3.91. The standard InChI is InChI=1S/C11H18NOP/c1-3-14(13,4-2)11-7-5-6-10(8-11)9-12/h5-8H,3-4,9,12H2,1-2H3. The van der Waals surface area contributed by atoms with Gasteiger partial charge in [0.05, 0.1) is 0 Å². The maximum atomic E-state index is 12.4. The molecule has 2 N–H and O–H groups in total. The van der Waals surface area contributed by atoms with E-state index in [4.69, 9.17) is 5.73 Å². The van der Waals surface area contributed by atoms with E-state index in [-0.39, 0.29) is 0 Å². The van der Waals surface area contributed by atoms with Crippen molar-refractivity contribution in [1.82, 2.24) is 0 Å². The van der Waals surface area contributed by atoms with E-state index in [1.807, 2.05) is 38.1 Å². The molecule has 78 valence electrons. The molecule has 14 heavy (non-hydrogen) atoms. The average molecular weight is 211 g/mol. The molecule has 2 nitrogen and oxygen atoms in total. The molecule has 0 bridgehead atoms. The van der Waals surface area contributed by atoms with Gasteiger partial charge in [0.2, 0.25) is 0 Å². The lowest BCUT2D eigenvalue weighted by Gasteiger charge is -2.15. The van der Waals surface area contributed by atoms with Crippen LogP contribution in [0.25, 0.3) is 0 Å². The van der Waals surface area contributed by atoms with E-state index in [0.29, 0.717) is 6.54 Å². The average Bonchev–Trinajstić information content (AvgIpc) is 2.28. The minimum atomic E-state index is -2.13. The van der Waals surface area contributed by atoms with Crippen molar-refractivity contribution in [1.29, 1.82) is 0 Å². The molecule has 3 heteroatoms. The molecule has 0 radical (unpaired) electrons. The number of nitrogens with two attached hydrogens (primary N) is 1. The smallest absolute Gasteiger partial charge is 0.115 e. The van der Waals surface area contributed by atoms with Gasteiger partial charge in [-0.2, -0.15) is 0 Å². The molecule has 0 fully saturated rings. The Labute approximate surface area is 85.9 Å². The van der Waals surface area contributed by atoms with E-state index in [1.165, 1.54) is 0 Å². The van der Waals surface area contributed by atoms with E-state index in [2.05, 4.69) is 0 Å². The summed E-state index contributed by atoms with van der Waals surface area (Å²) >= 11 is 0. The van der Waals surface area contributed by atoms with Crippen molar-refractivity contribution in [3.63, 3.8) is 0 Å². The van der Waals surface area contributed by atoms with Crippen LogP contribution in [-0.2, 0) is 11.1 Å². The number of hydrogen-bond donors (Lipinski definition) is 1. The van der Waals surface area contributed by atoms with Gasteiger partial charge >= 0.3 is 0 Å². The molecule has 0 spiro atoms. The van der Waals surface area contributed by atoms with E-state index >= 15 is 0 Å². The largest absolute Gasteiger partial charge is 0.326 e. The highest BCUT2D eigenvalue weighted by Crippen LogP contribution is 2.43. The number of rotatable bonds is 4. The molecule has 1 rings (SSSR count). The van der Waals surface area contributed by atoms with Crippen molar-refractivity contribution >= 4 is 12.4 Å². The third kappa shape index (κ3) is 2.26. The van der Waals surface area contributed by atoms with E-state index in [9.17, 15) is 4.57 Å². The van der Waals surface area contributed by atoms with Crippen molar-refractivity contribution in [3.8, 4) is 0 Å². The van der Waals surface area contributed by atoms with Gasteiger partial charge in [-0.05, 0) is 11.6 Å². The van der Waals surface area contributed by atoms with E-state index in [1.54, 1.807) is 0 Å². The van der Waals surface area contributed by atoms with Gasteiger partial charge in [-0.1, -0.05) is 32.0 Å². The van der Waals surface area contributed by atoms with Crippen molar-refractivity contribution in [2.75, 3.05) is 12.3 Å². The SMILES string of the molecule is CCP(=O)(CC)c1cccc(CN)c1. The Morgan fingerprint density at radius 2 is 1.93 bits per heavy atom. The van der Waals surface area contributed by atoms with Crippen LogP contribution >= 0.6 is 7.14 Å². The fraction of sp³-hybridized carbons (Fsp3) is 0.455. The van der Waals surface area contributed by atoms with Crippen LogP contribution in [0.5, 0.6) is 0 Å². The number of benzene rings is 1. The molecule has 0 saturated heterocycles. The van der Waals surface area contributed by atoms with Crippen molar-refractivity contribution < 1.29 is 4.57 Å². The molecule has 0 aliphatic carbocycles. The van der Waals surface area contributed by atoms with Crippen molar-refractivity contribution in [3.05, 3.63) is 29.8 Å². The number of hydrogen-bond acceptors (Lipinski definition) is 2. The predicted octanol–water partition coefficient (Wildman–Crippen LogP) is 2.17. The van der Waals surface area contributed by atoms with Crippen LogP contribution in [0.4, 0.5) is 0 Å². The zero-order valence-corrected chi connectivity index (χ0v) is 9.76. The minimum Gasteiger partial charge on any atom is -0.326 e. The second kappa shape index (κ2) is 4.77. The van der Waals surface area contributed by atoms with Crippen LogP contribution < -0.4 is 11.0 Å². The van der Waals surface area contributed by atoms with Crippen LogP contribution in [0.1, 0.15) is 19.4 Å². The zero-order valence-electron chi connectivity index (χ0n) is 8.86. The molecule has 0 atom stereocenters. The van der Waals surface area contributed by atoms with Gasteiger partial charge < -0.3 is 10.3 Å². The molecule has 0 saturated carbocycles. The molecular weight excluding hydrogens is 193 g/mol. The molecule has 0 unspecified atom stereocenters. The Bertz CT molecular complexity index is 341. The molecule has 0 aliphatic heterocycles. The van der Waals surface area contributed by atoms with Crippen molar-refractivity contribution in [2.24, 2.45) is 5.73 Å². The summed E-state index contributed by atoms with van der Waals surface area (Å²) in [6.07, 6.45) is 1.47. The van der Waals surface area contributed by atoms with Gasteiger partial charge in [0.1, 0.15) is 7.14 Å². The summed E-state index contributed by atoms with van der Waals surface area (Å²) in [5.74, 6) is 0. The second-order valence-electron chi connectivity index (χ2n) is 3.40. The second-order valence-corrected chi connectivity index (χ2v) is 6.96. The first-order valence-electron chi connectivity index (χ1n) is 5.04. The van der Waals surface area contributed by atoms with Gasteiger partial charge in [0.15, 0.2) is 0 Å². The Morgan fingerprint density at radius 1 is 1.29 bits per heavy atom. The van der Waals surface area contributed by atoms with Gasteiger partial charge in [-0.25, -0.2) is 0 Å². The molecule has 0 aliphatic rings. The fourth-order valence-electron chi connectivity index (χ4n) is 1.53. The summed E-state index contributed by atoms with van der Waals surface area (Å²) in [6, 6.07) is 7.84. The predicted molar refractivity (Wildman–Crippen MR) is 62.7 cm³/mol. The Morgan fingerprint density at radius 3 is 2.43 bits per heavy atom. The lowest BCUT2D eigenvalue weighted by Crippen LogP contribution is -2.10. The lowest BCUT2D eigenvalue weighted by atomic mass is 10.2. The van der Waals surface area contributed by atoms with E-state index in [0.717, 1.165) is 23.2 Å². The van der Waals surface area contributed by atoms with Crippen LogP contribution in [0.15, 0.2) is 24.3 Å². The topological polar surface area (TPSA) is 43.1 Å². The molecule has 1 aromatic rings. The van der Waals surface area contributed by atoms with E-state index < -0.39 is 7.14 Å². The Hall–Kier alpha value is -0.590. The molecule has 0 amide bonds. The van der Waals surface area contributed by atoms with Gasteiger partial charge in [-0.15, -0.1) is 0 Å². The highest BCUT2D eigenvalue weighted by molar-refractivity contribution is 7.71. The maximum Gasteiger partial charge on any atom is 0.115 e. The van der Waals surface area contributed by atoms with Gasteiger partial charge in [0.25, 0.3) is 0 Å². The summed E-state index contributed by atoms with van der Waals surface area (Å²) in [5.41, 5.74) is 6.62. The normalized spacial score (nSPS) is 11.6. The van der Waals surface area contributed by atoms with Crippen LogP contribution in [0.2, 0.25) is 0 Å². The van der Waals surface area contributed by atoms with Crippen LogP contribution in [0.3, 0.4) is 0 Å². The zero-order chi connectivity index (χ0) is 10.6. The minimum absolute atomic E-state index is 0.515. The van der Waals surface area contributed by atoms with Gasteiger partial charge in [0, 0.05) is 24.2 Å². The maximum absolute atomic E-state index is 12.4. The Balaban J connectivity index is 3.11. The summed E-state index contributed by atoms with van der Waals surface area (Å²) in [6.45, 7) is 4.49. The lowest BCUT2D eigenvalue weighted by molar-refractivity contribution is 0.582. The first-order chi connectivity index (χ1) is 6.66. The molecule has 1 aromatic carbocycles. The van der Waals surface area contributed by atoms with Crippen LogP contribution in [-0.4, -0.2) is 12.3 Å².